The van der Waals surface area contributed by atoms with Crippen molar-refractivity contribution in [2.75, 3.05) is 0 Å². The van der Waals surface area contributed by atoms with Crippen molar-refractivity contribution in [2.24, 2.45) is 0 Å². The van der Waals surface area contributed by atoms with Crippen molar-refractivity contribution in [1.82, 2.24) is 0 Å². The monoisotopic (exact) mass is 306 g/mol. The number of carboxylic acid groups (broad SMARTS) is 1. The van der Waals surface area contributed by atoms with Gasteiger partial charge in [0.1, 0.15) is 0 Å². The zero-order valence-corrected chi connectivity index (χ0v) is 10.1. The molecule has 0 saturated carbocycles. The van der Waals surface area contributed by atoms with Crippen molar-refractivity contribution >= 4 is 37.8 Å². The lowest BCUT2D eigenvalue weighted by Crippen LogP contribution is -2.08. The molecule has 0 aliphatic heterocycles. The van der Waals surface area contributed by atoms with Crippen LogP contribution in [0.15, 0.2) is 27.1 Å². The molecule has 0 amide bonds. The van der Waals surface area contributed by atoms with Crippen LogP contribution in [-0.4, -0.2) is 11.1 Å². The van der Waals surface area contributed by atoms with E-state index in [1.54, 1.807) is 6.92 Å². The number of rotatable bonds is 2. The average Bonchev–Trinajstić information content (AvgIpc) is 2.03. The fraction of sp³-hybridized carbons (Fsp3) is 0.222. The van der Waals surface area contributed by atoms with Crippen molar-refractivity contribution < 1.29 is 9.90 Å². The van der Waals surface area contributed by atoms with Gasteiger partial charge in [-0.2, -0.15) is 0 Å². The first kappa shape index (κ1) is 10.7. The summed E-state index contributed by atoms with van der Waals surface area (Å²) in [4.78, 5) is 10.8. The van der Waals surface area contributed by atoms with E-state index in [1.807, 2.05) is 18.2 Å². The van der Waals surface area contributed by atoms with Gasteiger partial charge in [0, 0.05) is 8.95 Å². The predicted molar refractivity (Wildman–Crippen MR) is 57.9 cm³/mol. The van der Waals surface area contributed by atoms with Crippen LogP contribution in [0.25, 0.3) is 0 Å². The molecule has 70 valence electrons. The highest BCUT2D eigenvalue weighted by molar-refractivity contribution is 9.11. The molecule has 1 atom stereocenters. The SMILES string of the molecule is CC(C(=O)O)c1c(Br)cccc1Br. The van der Waals surface area contributed by atoms with Gasteiger partial charge in [-0.25, -0.2) is 0 Å². The quantitative estimate of drug-likeness (QED) is 0.909. The van der Waals surface area contributed by atoms with E-state index < -0.39 is 11.9 Å². The largest absolute Gasteiger partial charge is 0.481 e. The van der Waals surface area contributed by atoms with Crippen LogP contribution < -0.4 is 0 Å². The third-order valence-corrected chi connectivity index (χ3v) is 3.19. The number of hydrogen-bond donors (Lipinski definition) is 1. The number of halogens is 2. The summed E-state index contributed by atoms with van der Waals surface area (Å²) >= 11 is 6.65. The molecule has 0 aliphatic rings. The highest BCUT2D eigenvalue weighted by atomic mass is 79.9. The minimum absolute atomic E-state index is 0.509. The summed E-state index contributed by atoms with van der Waals surface area (Å²) < 4.78 is 1.63. The summed E-state index contributed by atoms with van der Waals surface area (Å²) in [6.07, 6.45) is 0. The molecule has 0 heterocycles. The van der Waals surface area contributed by atoms with Gasteiger partial charge in [-0.3, -0.25) is 4.79 Å². The topological polar surface area (TPSA) is 37.3 Å². The summed E-state index contributed by atoms with van der Waals surface area (Å²) in [6, 6.07) is 5.52. The highest BCUT2D eigenvalue weighted by Gasteiger charge is 2.18. The third kappa shape index (κ3) is 2.31. The Morgan fingerprint density at radius 2 is 1.85 bits per heavy atom. The Labute approximate surface area is 93.2 Å². The number of hydrogen-bond acceptors (Lipinski definition) is 1. The van der Waals surface area contributed by atoms with E-state index in [9.17, 15) is 4.79 Å². The van der Waals surface area contributed by atoms with E-state index in [0.717, 1.165) is 14.5 Å². The van der Waals surface area contributed by atoms with E-state index in [-0.39, 0.29) is 0 Å². The van der Waals surface area contributed by atoms with E-state index in [2.05, 4.69) is 31.9 Å². The Hall–Kier alpha value is -0.350. The first-order chi connectivity index (χ1) is 6.04. The summed E-state index contributed by atoms with van der Waals surface area (Å²) in [5.74, 6) is -1.34. The van der Waals surface area contributed by atoms with Gasteiger partial charge in [-0.05, 0) is 24.6 Å². The van der Waals surface area contributed by atoms with Crippen LogP contribution in [0.5, 0.6) is 0 Å². The molecule has 0 saturated heterocycles. The smallest absolute Gasteiger partial charge is 0.310 e. The minimum Gasteiger partial charge on any atom is -0.481 e. The van der Waals surface area contributed by atoms with Gasteiger partial charge < -0.3 is 5.11 Å². The number of carbonyl (C=O) groups is 1. The molecule has 1 aromatic rings. The Bertz CT molecular complexity index is 316. The second-order valence-electron chi connectivity index (χ2n) is 2.70. The van der Waals surface area contributed by atoms with Crippen molar-refractivity contribution in [3.05, 3.63) is 32.7 Å². The van der Waals surface area contributed by atoms with Crippen LogP contribution in [0.3, 0.4) is 0 Å². The van der Waals surface area contributed by atoms with Crippen molar-refractivity contribution in [3.8, 4) is 0 Å². The van der Waals surface area contributed by atoms with Crippen LogP contribution in [0.1, 0.15) is 18.4 Å². The summed E-state index contributed by atoms with van der Waals surface area (Å²) in [5, 5.41) is 8.84. The minimum atomic E-state index is -0.826. The molecule has 1 rings (SSSR count). The molecular formula is C9H8Br2O2. The predicted octanol–water partition coefficient (Wildman–Crippen LogP) is 3.40. The van der Waals surface area contributed by atoms with Crippen LogP contribution in [0.2, 0.25) is 0 Å². The maximum atomic E-state index is 10.8. The molecule has 1 unspecified atom stereocenters. The molecule has 13 heavy (non-hydrogen) atoms. The Morgan fingerprint density at radius 1 is 1.38 bits per heavy atom. The second kappa shape index (κ2) is 4.24. The Balaban J connectivity index is 3.20. The molecule has 2 nitrogen and oxygen atoms in total. The van der Waals surface area contributed by atoms with E-state index in [1.165, 1.54) is 0 Å². The lowest BCUT2D eigenvalue weighted by atomic mass is 10.0. The second-order valence-corrected chi connectivity index (χ2v) is 4.40. The van der Waals surface area contributed by atoms with Gasteiger partial charge >= 0.3 is 5.97 Å². The average molecular weight is 308 g/mol. The molecule has 1 N–H and O–H groups in total. The lowest BCUT2D eigenvalue weighted by Gasteiger charge is -2.10. The fourth-order valence-electron chi connectivity index (χ4n) is 1.05. The van der Waals surface area contributed by atoms with Crippen molar-refractivity contribution in [1.29, 1.82) is 0 Å². The molecule has 0 aromatic heterocycles. The molecular weight excluding hydrogens is 300 g/mol. The maximum Gasteiger partial charge on any atom is 0.310 e. The van der Waals surface area contributed by atoms with E-state index >= 15 is 0 Å². The molecule has 0 bridgehead atoms. The van der Waals surface area contributed by atoms with Gasteiger partial charge in [0.2, 0.25) is 0 Å². The number of benzene rings is 1. The van der Waals surface area contributed by atoms with E-state index in [0.29, 0.717) is 0 Å². The lowest BCUT2D eigenvalue weighted by molar-refractivity contribution is -0.138. The Kier molecular flexibility index (Phi) is 3.50. The molecule has 0 radical (unpaired) electrons. The molecule has 0 aliphatic carbocycles. The number of carboxylic acids is 1. The molecule has 0 fully saturated rings. The van der Waals surface area contributed by atoms with Crippen LogP contribution >= 0.6 is 31.9 Å². The zero-order chi connectivity index (χ0) is 10.0. The zero-order valence-electron chi connectivity index (χ0n) is 6.92. The van der Waals surface area contributed by atoms with Crippen LogP contribution in [0.4, 0.5) is 0 Å². The van der Waals surface area contributed by atoms with Gasteiger partial charge in [0.15, 0.2) is 0 Å². The standard InChI is InChI=1S/C9H8Br2O2/c1-5(9(12)13)8-6(10)3-2-4-7(8)11/h2-5H,1H3,(H,12,13). The first-order valence-electron chi connectivity index (χ1n) is 3.70. The number of aliphatic carboxylic acids is 1. The van der Waals surface area contributed by atoms with Crippen molar-refractivity contribution in [3.63, 3.8) is 0 Å². The summed E-state index contributed by atoms with van der Waals surface area (Å²) in [7, 11) is 0. The van der Waals surface area contributed by atoms with Crippen LogP contribution in [-0.2, 0) is 4.79 Å². The third-order valence-electron chi connectivity index (χ3n) is 1.80. The summed E-state index contributed by atoms with van der Waals surface area (Å²) in [6.45, 7) is 1.66. The van der Waals surface area contributed by atoms with Crippen molar-refractivity contribution in [2.45, 2.75) is 12.8 Å². The normalized spacial score (nSPS) is 12.5. The molecule has 1 aromatic carbocycles. The molecule has 0 spiro atoms. The summed E-state index contributed by atoms with van der Waals surface area (Å²) in [5.41, 5.74) is 0.773. The van der Waals surface area contributed by atoms with Gasteiger partial charge in [-0.15, -0.1) is 0 Å². The Morgan fingerprint density at radius 3 is 2.23 bits per heavy atom. The van der Waals surface area contributed by atoms with Crippen LogP contribution in [0, 0.1) is 0 Å². The highest BCUT2D eigenvalue weighted by Crippen LogP contribution is 2.31. The van der Waals surface area contributed by atoms with Gasteiger partial charge in [-0.1, -0.05) is 37.9 Å². The van der Waals surface area contributed by atoms with Gasteiger partial charge in [0.05, 0.1) is 5.92 Å². The fourth-order valence-corrected chi connectivity index (χ4v) is 2.73. The maximum absolute atomic E-state index is 10.8. The molecule has 4 heteroatoms. The van der Waals surface area contributed by atoms with Gasteiger partial charge in [0.25, 0.3) is 0 Å². The first-order valence-corrected chi connectivity index (χ1v) is 5.29. The van der Waals surface area contributed by atoms with E-state index in [4.69, 9.17) is 5.11 Å².